The maximum absolute atomic E-state index is 12.6. The molecule has 1 amide bonds. The molecular formula is C16H16N2O. The molecule has 2 heterocycles. The maximum atomic E-state index is 12.6. The van der Waals surface area contributed by atoms with Crippen molar-refractivity contribution in [2.45, 2.75) is 19.8 Å². The van der Waals surface area contributed by atoms with E-state index in [2.05, 4.69) is 11.1 Å². The Kier molecular flexibility index (Phi) is 3.03. The third-order valence-corrected chi connectivity index (χ3v) is 3.49. The van der Waals surface area contributed by atoms with Crippen molar-refractivity contribution in [2.24, 2.45) is 0 Å². The number of amides is 1. The Morgan fingerprint density at radius 2 is 2.11 bits per heavy atom. The fourth-order valence-corrected chi connectivity index (χ4v) is 2.54. The summed E-state index contributed by atoms with van der Waals surface area (Å²) in [6, 6.07) is 11.9. The van der Waals surface area contributed by atoms with Crippen molar-refractivity contribution in [1.82, 2.24) is 4.98 Å². The zero-order valence-electron chi connectivity index (χ0n) is 11.0. The van der Waals surface area contributed by atoms with Crippen LogP contribution in [-0.2, 0) is 6.42 Å². The van der Waals surface area contributed by atoms with Crippen LogP contribution in [0.25, 0.3) is 0 Å². The molecule has 0 saturated heterocycles. The molecule has 0 radical (unpaired) electrons. The topological polar surface area (TPSA) is 33.2 Å². The third kappa shape index (κ3) is 2.24. The number of carbonyl (C=O) groups is 1. The van der Waals surface area contributed by atoms with Crippen LogP contribution in [0.5, 0.6) is 0 Å². The van der Waals surface area contributed by atoms with Crippen LogP contribution in [0, 0.1) is 6.92 Å². The Balaban J connectivity index is 1.98. The first-order chi connectivity index (χ1) is 9.25. The Morgan fingerprint density at radius 3 is 2.95 bits per heavy atom. The van der Waals surface area contributed by atoms with Crippen LogP contribution in [0.15, 0.2) is 42.6 Å². The van der Waals surface area contributed by atoms with E-state index in [0.717, 1.165) is 30.6 Å². The van der Waals surface area contributed by atoms with Gasteiger partial charge in [-0.2, -0.15) is 0 Å². The molecule has 96 valence electrons. The summed E-state index contributed by atoms with van der Waals surface area (Å²) in [4.78, 5) is 18.6. The van der Waals surface area contributed by atoms with Crippen LogP contribution < -0.4 is 4.90 Å². The van der Waals surface area contributed by atoms with Gasteiger partial charge in [-0.3, -0.25) is 9.78 Å². The standard InChI is InChI=1S/C16H16N2O/c1-12-8-9-17-14(11-12)16(19)18-10-4-6-13-5-2-3-7-15(13)18/h2-3,5,7-9,11H,4,6,10H2,1H3. The predicted molar refractivity (Wildman–Crippen MR) is 75.4 cm³/mol. The second-order valence-corrected chi connectivity index (χ2v) is 4.91. The molecule has 1 aliphatic rings. The van der Waals surface area contributed by atoms with Gasteiger partial charge in [0.2, 0.25) is 0 Å². The molecule has 1 aromatic heterocycles. The number of pyridine rings is 1. The van der Waals surface area contributed by atoms with E-state index in [1.54, 1.807) is 6.20 Å². The van der Waals surface area contributed by atoms with Crippen molar-refractivity contribution in [3.8, 4) is 0 Å². The molecular weight excluding hydrogens is 236 g/mol. The number of aromatic nitrogens is 1. The number of aryl methyl sites for hydroxylation is 2. The minimum absolute atomic E-state index is 0.00384. The second-order valence-electron chi connectivity index (χ2n) is 4.91. The van der Waals surface area contributed by atoms with E-state index in [-0.39, 0.29) is 5.91 Å². The van der Waals surface area contributed by atoms with Crippen LogP contribution in [-0.4, -0.2) is 17.4 Å². The first kappa shape index (κ1) is 11.9. The van der Waals surface area contributed by atoms with Gasteiger partial charge in [0.05, 0.1) is 0 Å². The number of fused-ring (bicyclic) bond motifs is 1. The molecule has 2 aromatic rings. The number of hydrogen-bond donors (Lipinski definition) is 0. The average Bonchev–Trinajstić information content (AvgIpc) is 2.46. The quantitative estimate of drug-likeness (QED) is 0.781. The smallest absolute Gasteiger partial charge is 0.276 e. The summed E-state index contributed by atoms with van der Waals surface area (Å²) < 4.78 is 0. The van der Waals surface area contributed by atoms with Gasteiger partial charge in [-0.15, -0.1) is 0 Å². The zero-order chi connectivity index (χ0) is 13.2. The lowest BCUT2D eigenvalue weighted by atomic mass is 10.0. The minimum atomic E-state index is -0.00384. The van der Waals surface area contributed by atoms with Gasteiger partial charge < -0.3 is 4.90 Å². The Bertz CT molecular complexity index is 622. The van der Waals surface area contributed by atoms with Crippen LogP contribution in [0.1, 0.15) is 28.0 Å². The van der Waals surface area contributed by atoms with E-state index in [9.17, 15) is 4.79 Å². The van der Waals surface area contributed by atoms with Crippen LogP contribution in [0.4, 0.5) is 5.69 Å². The number of para-hydroxylation sites is 1. The lowest BCUT2D eigenvalue weighted by Crippen LogP contribution is -2.35. The molecule has 3 rings (SSSR count). The van der Waals surface area contributed by atoms with Gasteiger partial charge >= 0.3 is 0 Å². The molecule has 1 aliphatic heterocycles. The van der Waals surface area contributed by atoms with E-state index >= 15 is 0 Å². The Hall–Kier alpha value is -2.16. The monoisotopic (exact) mass is 252 g/mol. The number of nitrogens with zero attached hydrogens (tertiary/aromatic N) is 2. The number of benzene rings is 1. The third-order valence-electron chi connectivity index (χ3n) is 3.49. The normalized spacial score (nSPS) is 14.1. The van der Waals surface area contributed by atoms with Crippen molar-refractivity contribution >= 4 is 11.6 Å². The van der Waals surface area contributed by atoms with Crippen molar-refractivity contribution in [2.75, 3.05) is 11.4 Å². The van der Waals surface area contributed by atoms with Crippen molar-refractivity contribution in [3.05, 3.63) is 59.4 Å². The largest absolute Gasteiger partial charge is 0.307 e. The highest BCUT2D eigenvalue weighted by Crippen LogP contribution is 2.27. The minimum Gasteiger partial charge on any atom is -0.307 e. The summed E-state index contributed by atoms with van der Waals surface area (Å²) in [6.07, 6.45) is 3.74. The molecule has 0 fully saturated rings. The van der Waals surface area contributed by atoms with Crippen molar-refractivity contribution in [3.63, 3.8) is 0 Å². The number of hydrogen-bond acceptors (Lipinski definition) is 2. The zero-order valence-corrected chi connectivity index (χ0v) is 11.0. The molecule has 0 aliphatic carbocycles. The summed E-state index contributed by atoms with van der Waals surface area (Å²) in [5.74, 6) is -0.00384. The lowest BCUT2D eigenvalue weighted by Gasteiger charge is -2.29. The number of carbonyl (C=O) groups excluding carboxylic acids is 1. The summed E-state index contributed by atoms with van der Waals surface area (Å²) in [5.41, 5.74) is 3.86. The first-order valence-electron chi connectivity index (χ1n) is 6.58. The summed E-state index contributed by atoms with van der Waals surface area (Å²) in [7, 11) is 0. The van der Waals surface area contributed by atoms with Gasteiger partial charge in [0.25, 0.3) is 5.91 Å². The molecule has 1 aromatic carbocycles. The second kappa shape index (κ2) is 4.84. The Labute approximate surface area is 112 Å². The summed E-state index contributed by atoms with van der Waals surface area (Å²) in [5, 5.41) is 0. The molecule has 0 bridgehead atoms. The van der Waals surface area contributed by atoms with Crippen LogP contribution in [0.2, 0.25) is 0 Å². The first-order valence-corrected chi connectivity index (χ1v) is 6.58. The maximum Gasteiger partial charge on any atom is 0.276 e. The van der Waals surface area contributed by atoms with Crippen molar-refractivity contribution < 1.29 is 4.79 Å². The fourth-order valence-electron chi connectivity index (χ4n) is 2.54. The van der Waals surface area contributed by atoms with E-state index < -0.39 is 0 Å². The molecule has 19 heavy (non-hydrogen) atoms. The van der Waals surface area contributed by atoms with E-state index in [0.29, 0.717) is 5.69 Å². The average molecular weight is 252 g/mol. The SMILES string of the molecule is Cc1ccnc(C(=O)N2CCCc3ccccc32)c1. The molecule has 3 nitrogen and oxygen atoms in total. The van der Waals surface area contributed by atoms with Crippen LogP contribution in [0.3, 0.4) is 0 Å². The fraction of sp³-hybridized carbons (Fsp3) is 0.250. The number of rotatable bonds is 1. The van der Waals surface area contributed by atoms with Gasteiger partial charge in [-0.25, -0.2) is 0 Å². The van der Waals surface area contributed by atoms with Crippen molar-refractivity contribution in [1.29, 1.82) is 0 Å². The highest BCUT2D eigenvalue weighted by Gasteiger charge is 2.23. The molecule has 0 N–H and O–H groups in total. The van der Waals surface area contributed by atoms with Gasteiger partial charge in [-0.05, 0) is 49.1 Å². The van der Waals surface area contributed by atoms with Gasteiger partial charge in [0, 0.05) is 18.4 Å². The summed E-state index contributed by atoms with van der Waals surface area (Å²) >= 11 is 0. The van der Waals surface area contributed by atoms with Gasteiger partial charge in [-0.1, -0.05) is 18.2 Å². The number of anilines is 1. The predicted octanol–water partition coefficient (Wildman–Crippen LogP) is 2.98. The Morgan fingerprint density at radius 1 is 1.26 bits per heavy atom. The molecule has 0 saturated carbocycles. The van der Waals surface area contributed by atoms with Gasteiger partial charge in [0.15, 0.2) is 0 Å². The van der Waals surface area contributed by atoms with E-state index in [1.165, 1.54) is 5.56 Å². The van der Waals surface area contributed by atoms with Gasteiger partial charge in [0.1, 0.15) is 5.69 Å². The molecule has 0 unspecified atom stereocenters. The van der Waals surface area contributed by atoms with Crippen LogP contribution >= 0.6 is 0 Å². The highest BCUT2D eigenvalue weighted by molar-refractivity contribution is 6.05. The molecule has 0 atom stereocenters. The summed E-state index contributed by atoms with van der Waals surface area (Å²) in [6.45, 7) is 2.74. The lowest BCUT2D eigenvalue weighted by molar-refractivity contribution is 0.0980. The van der Waals surface area contributed by atoms with E-state index in [4.69, 9.17) is 0 Å². The van der Waals surface area contributed by atoms with E-state index in [1.807, 2.05) is 42.2 Å². The molecule has 0 spiro atoms. The highest BCUT2D eigenvalue weighted by atomic mass is 16.2. The molecule has 3 heteroatoms.